The second kappa shape index (κ2) is 11.4. The number of methoxy groups -OCH3 is 1. The zero-order valence-electron chi connectivity index (χ0n) is 22.1. The predicted octanol–water partition coefficient (Wildman–Crippen LogP) is 6.26. The quantitative estimate of drug-likeness (QED) is 0.146. The van der Waals surface area contributed by atoms with Crippen LogP contribution in [0.15, 0.2) is 66.2 Å². The summed E-state index contributed by atoms with van der Waals surface area (Å²) in [5.41, 5.74) is 1.21. The van der Waals surface area contributed by atoms with E-state index in [-0.39, 0.29) is 16.5 Å². The number of ether oxygens (including phenoxy) is 3. The maximum atomic E-state index is 13.9. The summed E-state index contributed by atoms with van der Waals surface area (Å²) >= 11 is 1.08. The average molecular weight is 563 g/mol. The van der Waals surface area contributed by atoms with E-state index in [0.29, 0.717) is 51.8 Å². The van der Waals surface area contributed by atoms with E-state index in [9.17, 15) is 19.1 Å². The number of ketones is 1. The summed E-state index contributed by atoms with van der Waals surface area (Å²) in [5, 5.41) is 11.6. The van der Waals surface area contributed by atoms with E-state index < -0.39 is 23.5 Å². The van der Waals surface area contributed by atoms with Crippen LogP contribution in [0.3, 0.4) is 0 Å². The summed E-state index contributed by atoms with van der Waals surface area (Å²) in [5.74, 6) is -1.00. The molecule has 1 aliphatic rings. The summed E-state index contributed by atoms with van der Waals surface area (Å²) in [6.45, 7) is 4.80. The number of hydrogen-bond acceptors (Lipinski definition) is 8. The number of thiazole rings is 1. The molecule has 1 atom stereocenters. The topological polar surface area (TPSA) is 98.2 Å². The molecule has 0 aliphatic carbocycles. The van der Waals surface area contributed by atoms with Crippen molar-refractivity contribution in [1.82, 2.24) is 4.98 Å². The molecule has 4 aromatic rings. The van der Waals surface area contributed by atoms with Gasteiger partial charge in [-0.2, -0.15) is 0 Å². The number of benzene rings is 3. The van der Waals surface area contributed by atoms with Crippen LogP contribution in [0.25, 0.3) is 16.0 Å². The Morgan fingerprint density at radius 2 is 1.80 bits per heavy atom. The maximum Gasteiger partial charge on any atom is 0.301 e. The first kappa shape index (κ1) is 27.1. The lowest BCUT2D eigenvalue weighted by molar-refractivity contribution is -0.132. The third-order valence-electron chi connectivity index (χ3n) is 6.39. The van der Waals surface area contributed by atoms with Crippen LogP contribution < -0.4 is 19.1 Å². The average Bonchev–Trinajstić information content (AvgIpc) is 3.49. The third kappa shape index (κ3) is 4.98. The van der Waals surface area contributed by atoms with E-state index in [4.69, 9.17) is 14.2 Å². The molecule has 40 heavy (non-hydrogen) atoms. The molecule has 3 aromatic carbocycles. The van der Waals surface area contributed by atoms with Crippen molar-refractivity contribution in [3.63, 3.8) is 0 Å². The van der Waals surface area contributed by atoms with Gasteiger partial charge in [0, 0.05) is 5.56 Å². The molecular weight excluding hydrogens is 535 g/mol. The van der Waals surface area contributed by atoms with Crippen molar-refractivity contribution < 1.29 is 33.3 Å². The fourth-order valence-electron chi connectivity index (χ4n) is 4.55. The van der Waals surface area contributed by atoms with E-state index in [2.05, 4.69) is 4.98 Å². The first-order valence-electron chi connectivity index (χ1n) is 12.8. The summed E-state index contributed by atoms with van der Waals surface area (Å²) in [6, 6.07) is 14.8. The Bertz CT molecular complexity index is 1610. The van der Waals surface area contributed by atoms with Crippen LogP contribution >= 0.6 is 11.3 Å². The Morgan fingerprint density at radius 3 is 2.50 bits per heavy atom. The van der Waals surface area contributed by atoms with Crippen molar-refractivity contribution >= 4 is 44.1 Å². The molecule has 1 amide bonds. The normalized spacial score (nSPS) is 16.5. The molecule has 1 aromatic heterocycles. The Balaban J connectivity index is 1.67. The second-order valence-corrected chi connectivity index (χ2v) is 10.0. The predicted molar refractivity (Wildman–Crippen MR) is 151 cm³/mol. The molecule has 0 bridgehead atoms. The van der Waals surface area contributed by atoms with Crippen molar-refractivity contribution in [2.24, 2.45) is 0 Å². The van der Waals surface area contributed by atoms with Crippen LogP contribution in [0, 0.1) is 5.82 Å². The van der Waals surface area contributed by atoms with Crippen LogP contribution in [0.5, 0.6) is 17.2 Å². The molecule has 10 heteroatoms. The molecule has 8 nitrogen and oxygen atoms in total. The molecule has 1 N–H and O–H groups in total. The molecule has 0 radical (unpaired) electrons. The number of aliphatic hydroxyl groups excluding tert-OH is 1. The van der Waals surface area contributed by atoms with Crippen molar-refractivity contribution in [3.8, 4) is 17.2 Å². The minimum absolute atomic E-state index is 0.108. The molecule has 0 spiro atoms. The number of amides is 1. The van der Waals surface area contributed by atoms with E-state index in [1.54, 1.807) is 42.5 Å². The van der Waals surface area contributed by atoms with Crippen LogP contribution in [-0.4, -0.2) is 42.1 Å². The lowest BCUT2D eigenvalue weighted by atomic mass is 9.95. The van der Waals surface area contributed by atoms with Gasteiger partial charge in [0.1, 0.15) is 17.3 Å². The van der Waals surface area contributed by atoms with E-state index >= 15 is 0 Å². The second-order valence-electron chi connectivity index (χ2n) is 8.99. The number of hydrogen-bond donors (Lipinski definition) is 1. The number of aliphatic hydroxyl groups is 1. The van der Waals surface area contributed by atoms with Gasteiger partial charge >= 0.3 is 5.91 Å². The molecule has 5 rings (SSSR count). The zero-order valence-corrected chi connectivity index (χ0v) is 23.0. The first-order valence-corrected chi connectivity index (χ1v) is 13.6. The van der Waals surface area contributed by atoms with Crippen molar-refractivity contribution in [1.29, 1.82) is 0 Å². The van der Waals surface area contributed by atoms with Crippen molar-refractivity contribution in [2.45, 2.75) is 26.3 Å². The number of rotatable bonds is 9. The lowest BCUT2D eigenvalue weighted by Gasteiger charge is -2.24. The fourth-order valence-corrected chi connectivity index (χ4v) is 5.57. The van der Waals surface area contributed by atoms with Gasteiger partial charge in [0.05, 0.1) is 42.2 Å². The van der Waals surface area contributed by atoms with E-state index in [1.807, 2.05) is 13.8 Å². The molecule has 1 unspecified atom stereocenters. The first-order chi connectivity index (χ1) is 19.4. The molecule has 1 fully saturated rings. The standard InChI is InChI=1S/C30H27FN2O6S/c1-4-14-39-20-10-6-17(7-11-20)27(34)25-26(18-8-13-22(38-5-2)23(15-18)37-3)33(29(36)28(25)35)30-32-21-12-9-19(31)16-24(21)40-30/h6-13,15-16,26,34H,4-5,14H2,1-3H3. The van der Waals surface area contributed by atoms with Gasteiger partial charge in [0.15, 0.2) is 16.6 Å². The smallest absolute Gasteiger partial charge is 0.301 e. The molecular formula is C30H27FN2O6S. The van der Waals surface area contributed by atoms with Crippen molar-refractivity contribution in [2.75, 3.05) is 25.2 Å². The molecule has 1 aliphatic heterocycles. The van der Waals surface area contributed by atoms with Gasteiger partial charge in [-0.05, 0) is 73.5 Å². The van der Waals surface area contributed by atoms with Gasteiger partial charge in [-0.3, -0.25) is 14.5 Å². The lowest BCUT2D eigenvalue weighted by Crippen LogP contribution is -2.29. The summed E-state index contributed by atoms with van der Waals surface area (Å²) < 4.78 is 31.2. The fraction of sp³-hybridized carbons (Fsp3) is 0.233. The zero-order chi connectivity index (χ0) is 28.4. The highest BCUT2D eigenvalue weighted by molar-refractivity contribution is 7.22. The van der Waals surface area contributed by atoms with Gasteiger partial charge in [-0.25, -0.2) is 9.37 Å². The maximum absolute atomic E-state index is 13.9. The van der Waals surface area contributed by atoms with E-state index in [0.717, 1.165) is 17.8 Å². The largest absolute Gasteiger partial charge is 0.507 e. The third-order valence-corrected chi connectivity index (χ3v) is 7.41. The number of halogens is 1. The highest BCUT2D eigenvalue weighted by Crippen LogP contribution is 2.46. The Morgan fingerprint density at radius 1 is 1.02 bits per heavy atom. The van der Waals surface area contributed by atoms with Crippen molar-refractivity contribution in [3.05, 3.63) is 83.2 Å². The number of carbonyl (C=O) groups excluding carboxylic acids is 2. The van der Waals surface area contributed by atoms with Gasteiger partial charge in [-0.1, -0.05) is 24.3 Å². The highest BCUT2D eigenvalue weighted by atomic mass is 32.1. The van der Waals surface area contributed by atoms with Crippen LogP contribution in [0.1, 0.15) is 37.4 Å². The number of aromatic nitrogens is 1. The van der Waals surface area contributed by atoms with Gasteiger partial charge in [-0.15, -0.1) is 0 Å². The highest BCUT2D eigenvalue weighted by Gasteiger charge is 2.48. The van der Waals surface area contributed by atoms with Gasteiger partial charge in [0.25, 0.3) is 5.78 Å². The SMILES string of the molecule is CCCOc1ccc(C(O)=C2C(=O)C(=O)N(c3nc4ccc(F)cc4s3)C2c2ccc(OCC)c(OC)c2)cc1. The van der Waals surface area contributed by atoms with E-state index in [1.165, 1.54) is 30.2 Å². The van der Waals surface area contributed by atoms with Crippen LogP contribution in [-0.2, 0) is 9.59 Å². The monoisotopic (exact) mass is 562 g/mol. The molecule has 0 saturated carbocycles. The Labute approximate surface area is 234 Å². The van der Waals surface area contributed by atoms with Crippen LogP contribution in [0.2, 0.25) is 0 Å². The summed E-state index contributed by atoms with van der Waals surface area (Å²) in [7, 11) is 1.49. The minimum atomic E-state index is -1.04. The minimum Gasteiger partial charge on any atom is -0.507 e. The Hall–Kier alpha value is -4.44. The van der Waals surface area contributed by atoms with Gasteiger partial charge in [0.2, 0.25) is 0 Å². The summed E-state index contributed by atoms with van der Waals surface area (Å²) in [4.78, 5) is 32.8. The molecule has 2 heterocycles. The summed E-state index contributed by atoms with van der Waals surface area (Å²) in [6.07, 6.45) is 0.842. The Kier molecular flexibility index (Phi) is 7.70. The van der Waals surface area contributed by atoms with Gasteiger partial charge < -0.3 is 19.3 Å². The van der Waals surface area contributed by atoms with Crippen LogP contribution in [0.4, 0.5) is 9.52 Å². The number of carbonyl (C=O) groups is 2. The number of Topliss-reactive ketones (excluding diaryl/α,β-unsaturated/α-hetero) is 1. The molecule has 1 saturated heterocycles. The number of anilines is 1. The number of fused-ring (bicyclic) bond motifs is 1. The number of nitrogens with zero attached hydrogens (tertiary/aromatic N) is 2. The molecule has 206 valence electrons.